The van der Waals surface area contributed by atoms with Crippen LogP contribution in [0.3, 0.4) is 0 Å². The lowest BCUT2D eigenvalue weighted by molar-refractivity contribution is 0.195. The highest BCUT2D eigenvalue weighted by atomic mass is 16.3. The lowest BCUT2D eigenvalue weighted by Gasteiger charge is -2.32. The molecule has 2 N–H and O–H groups in total. The average molecular weight is 270 g/mol. The Hall–Kier alpha value is -1.58. The normalized spacial score (nSPS) is 19.6. The molecular weight excluding hydrogens is 248 g/mol. The van der Waals surface area contributed by atoms with E-state index in [0.29, 0.717) is 11.8 Å². The van der Waals surface area contributed by atoms with Crippen LogP contribution in [0.4, 0.5) is 0 Å². The van der Waals surface area contributed by atoms with E-state index in [9.17, 15) is 5.11 Å². The van der Waals surface area contributed by atoms with Gasteiger partial charge in [-0.2, -0.15) is 0 Å². The van der Waals surface area contributed by atoms with Gasteiger partial charge in [-0.05, 0) is 43.3 Å². The molecule has 1 unspecified atom stereocenters. The maximum atomic E-state index is 10.2. The molecule has 0 radical (unpaired) electrons. The van der Waals surface area contributed by atoms with Gasteiger partial charge in [0.2, 0.25) is 0 Å². The summed E-state index contributed by atoms with van der Waals surface area (Å²) in [6.45, 7) is 2.96. The number of phenols is 1. The van der Waals surface area contributed by atoms with Crippen molar-refractivity contribution in [2.75, 3.05) is 20.1 Å². The number of nitrogens with zero attached hydrogens (tertiary/aromatic N) is 1. The number of benzene rings is 2. The molecule has 3 nitrogen and oxygen atoms in total. The molecule has 1 atom stereocenters. The second-order valence-corrected chi connectivity index (χ2v) is 5.70. The molecule has 1 aliphatic heterocycles. The topological polar surface area (TPSA) is 35.5 Å². The van der Waals surface area contributed by atoms with Crippen molar-refractivity contribution in [1.82, 2.24) is 10.2 Å². The Balaban J connectivity index is 1.87. The Morgan fingerprint density at radius 1 is 1.25 bits per heavy atom. The number of hydrogen-bond acceptors (Lipinski definition) is 3. The van der Waals surface area contributed by atoms with Crippen LogP contribution in [0.15, 0.2) is 36.4 Å². The van der Waals surface area contributed by atoms with Crippen LogP contribution >= 0.6 is 0 Å². The van der Waals surface area contributed by atoms with Crippen molar-refractivity contribution in [3.63, 3.8) is 0 Å². The van der Waals surface area contributed by atoms with E-state index in [4.69, 9.17) is 0 Å². The summed E-state index contributed by atoms with van der Waals surface area (Å²) in [5.41, 5.74) is 1.04. The van der Waals surface area contributed by atoms with E-state index in [0.717, 1.165) is 30.6 Å². The molecule has 2 aromatic rings. The van der Waals surface area contributed by atoms with Crippen LogP contribution in [-0.4, -0.2) is 36.2 Å². The van der Waals surface area contributed by atoms with Gasteiger partial charge in [0.15, 0.2) is 0 Å². The number of aromatic hydroxyl groups is 1. The fraction of sp³-hybridized carbons (Fsp3) is 0.412. The third-order valence-corrected chi connectivity index (χ3v) is 4.32. The van der Waals surface area contributed by atoms with Crippen molar-refractivity contribution in [3.05, 3.63) is 42.0 Å². The van der Waals surface area contributed by atoms with Crippen molar-refractivity contribution in [3.8, 4) is 5.75 Å². The minimum Gasteiger partial charge on any atom is -0.508 e. The Morgan fingerprint density at radius 3 is 2.90 bits per heavy atom. The van der Waals surface area contributed by atoms with Crippen molar-refractivity contribution in [2.24, 2.45) is 0 Å². The first-order chi connectivity index (χ1) is 9.75. The summed E-state index contributed by atoms with van der Waals surface area (Å²) in [6, 6.07) is 12.6. The molecule has 1 fully saturated rings. The molecule has 1 saturated heterocycles. The average Bonchev–Trinajstić information content (AvgIpc) is 2.51. The minimum absolute atomic E-state index is 0.402. The van der Waals surface area contributed by atoms with E-state index < -0.39 is 0 Å². The lowest BCUT2D eigenvalue weighted by atomic mass is 10.0. The minimum atomic E-state index is 0.402. The molecule has 0 spiro atoms. The molecule has 1 aliphatic rings. The Bertz CT molecular complexity index is 591. The summed E-state index contributed by atoms with van der Waals surface area (Å²) in [5.74, 6) is 0.402. The molecule has 0 amide bonds. The van der Waals surface area contributed by atoms with E-state index >= 15 is 0 Å². The molecule has 0 aromatic heterocycles. The van der Waals surface area contributed by atoms with Crippen LogP contribution in [0, 0.1) is 0 Å². The van der Waals surface area contributed by atoms with Gasteiger partial charge in [0.1, 0.15) is 5.75 Å². The van der Waals surface area contributed by atoms with Crippen molar-refractivity contribution < 1.29 is 5.11 Å². The van der Waals surface area contributed by atoms with Crippen molar-refractivity contribution in [2.45, 2.75) is 25.4 Å². The van der Waals surface area contributed by atoms with Crippen LogP contribution < -0.4 is 5.32 Å². The van der Waals surface area contributed by atoms with E-state index in [2.05, 4.69) is 29.4 Å². The van der Waals surface area contributed by atoms with Crippen molar-refractivity contribution in [1.29, 1.82) is 0 Å². The molecule has 3 rings (SSSR count). The number of piperidine rings is 1. The van der Waals surface area contributed by atoms with Gasteiger partial charge in [0.05, 0.1) is 0 Å². The molecule has 2 aromatic carbocycles. The summed E-state index contributed by atoms with van der Waals surface area (Å²) in [4.78, 5) is 2.35. The zero-order valence-corrected chi connectivity index (χ0v) is 12.0. The van der Waals surface area contributed by atoms with E-state index in [-0.39, 0.29) is 0 Å². The van der Waals surface area contributed by atoms with Crippen LogP contribution in [0.25, 0.3) is 10.8 Å². The molecule has 1 heterocycles. The molecular formula is C17H22N2O. The van der Waals surface area contributed by atoms with Crippen LogP contribution in [0.5, 0.6) is 5.75 Å². The molecule has 106 valence electrons. The van der Waals surface area contributed by atoms with Gasteiger partial charge < -0.3 is 10.4 Å². The number of hydrogen-bond donors (Lipinski definition) is 2. The van der Waals surface area contributed by atoms with Crippen molar-refractivity contribution >= 4 is 10.8 Å². The third kappa shape index (κ3) is 2.65. The summed E-state index contributed by atoms with van der Waals surface area (Å²) in [6.07, 6.45) is 2.46. The summed E-state index contributed by atoms with van der Waals surface area (Å²) in [7, 11) is 2.15. The largest absolute Gasteiger partial charge is 0.508 e. The number of rotatable bonds is 3. The summed E-state index contributed by atoms with van der Waals surface area (Å²) >= 11 is 0. The van der Waals surface area contributed by atoms with Gasteiger partial charge in [-0.15, -0.1) is 0 Å². The highest BCUT2D eigenvalue weighted by Gasteiger charge is 2.19. The predicted octanol–water partition coefficient (Wildman–Crippen LogP) is 2.73. The van der Waals surface area contributed by atoms with Gasteiger partial charge in [-0.3, -0.25) is 4.90 Å². The number of nitrogens with one attached hydrogen (secondary N) is 1. The molecule has 0 saturated carbocycles. The first-order valence-corrected chi connectivity index (χ1v) is 7.36. The molecule has 20 heavy (non-hydrogen) atoms. The Morgan fingerprint density at radius 2 is 2.10 bits per heavy atom. The number of fused-ring (bicyclic) bond motifs is 1. The Kier molecular flexibility index (Phi) is 3.90. The fourth-order valence-electron chi connectivity index (χ4n) is 3.08. The summed E-state index contributed by atoms with van der Waals surface area (Å²) in [5, 5.41) is 16.0. The quantitative estimate of drug-likeness (QED) is 0.900. The van der Waals surface area contributed by atoms with E-state index in [1.165, 1.54) is 18.2 Å². The zero-order chi connectivity index (χ0) is 13.9. The van der Waals surface area contributed by atoms with E-state index in [1.807, 2.05) is 24.3 Å². The molecule has 0 bridgehead atoms. The van der Waals surface area contributed by atoms with Crippen LogP contribution in [-0.2, 0) is 6.54 Å². The standard InChI is InChI=1S/C17H22N2O/c1-19(14-6-4-10-18-11-14)12-16-15-7-3-2-5-13(15)8-9-17(16)20/h2-3,5,7-9,14,18,20H,4,6,10-12H2,1H3. The second kappa shape index (κ2) is 5.81. The van der Waals surface area contributed by atoms with Gasteiger partial charge in [-0.25, -0.2) is 0 Å². The number of phenolic OH excluding ortho intramolecular Hbond substituents is 1. The highest BCUT2D eigenvalue weighted by Crippen LogP contribution is 2.28. The molecule has 3 heteroatoms. The third-order valence-electron chi connectivity index (χ3n) is 4.32. The fourth-order valence-corrected chi connectivity index (χ4v) is 3.08. The maximum Gasteiger partial charge on any atom is 0.120 e. The number of likely N-dealkylation sites (N-methyl/N-ethyl adjacent to an activating group) is 1. The first kappa shape index (κ1) is 13.4. The second-order valence-electron chi connectivity index (χ2n) is 5.70. The highest BCUT2D eigenvalue weighted by molar-refractivity contribution is 5.87. The monoisotopic (exact) mass is 270 g/mol. The van der Waals surface area contributed by atoms with Gasteiger partial charge in [0, 0.05) is 24.7 Å². The SMILES string of the molecule is CN(Cc1c(O)ccc2ccccc12)C1CCCNC1. The van der Waals surface area contributed by atoms with E-state index in [1.54, 1.807) is 0 Å². The van der Waals surface area contributed by atoms with Gasteiger partial charge in [0.25, 0.3) is 0 Å². The predicted molar refractivity (Wildman–Crippen MR) is 83.0 cm³/mol. The summed E-state index contributed by atoms with van der Waals surface area (Å²) < 4.78 is 0. The first-order valence-electron chi connectivity index (χ1n) is 7.36. The van der Waals surface area contributed by atoms with Gasteiger partial charge in [-0.1, -0.05) is 30.3 Å². The van der Waals surface area contributed by atoms with Crippen LogP contribution in [0.1, 0.15) is 18.4 Å². The van der Waals surface area contributed by atoms with Crippen LogP contribution in [0.2, 0.25) is 0 Å². The molecule has 0 aliphatic carbocycles. The zero-order valence-electron chi connectivity index (χ0n) is 12.0. The smallest absolute Gasteiger partial charge is 0.120 e. The lowest BCUT2D eigenvalue weighted by Crippen LogP contribution is -2.43. The maximum absolute atomic E-state index is 10.2. The van der Waals surface area contributed by atoms with Gasteiger partial charge >= 0.3 is 0 Å². The Labute approximate surface area is 120 Å².